The van der Waals surface area contributed by atoms with Gasteiger partial charge in [-0.05, 0) is 49.3 Å². The van der Waals surface area contributed by atoms with Crippen LogP contribution in [0.15, 0.2) is 23.2 Å². The molecule has 2 heterocycles. The number of nitrogens with zero attached hydrogens (tertiary/aromatic N) is 3. The lowest BCUT2D eigenvalue weighted by molar-refractivity contribution is 0.145. The zero-order chi connectivity index (χ0) is 17.8. The van der Waals surface area contributed by atoms with Crippen molar-refractivity contribution in [1.82, 2.24) is 4.90 Å². The second-order valence-electron chi connectivity index (χ2n) is 7.37. The molecule has 2 aliphatic heterocycles. The van der Waals surface area contributed by atoms with Crippen molar-refractivity contribution in [3.63, 3.8) is 0 Å². The Morgan fingerprint density at radius 1 is 1.28 bits per heavy atom. The number of nitrogens with two attached hydrogens (primary N) is 1. The van der Waals surface area contributed by atoms with Crippen LogP contribution in [0.5, 0.6) is 0 Å². The molecular formula is C19H29FN4O. The predicted molar refractivity (Wildman–Crippen MR) is 99.2 cm³/mol. The molecule has 5 nitrogen and oxygen atoms in total. The van der Waals surface area contributed by atoms with Crippen LogP contribution in [-0.2, 0) is 6.54 Å². The monoisotopic (exact) mass is 348 g/mol. The fourth-order valence-corrected chi connectivity index (χ4v) is 3.68. The van der Waals surface area contributed by atoms with Gasteiger partial charge in [-0.2, -0.15) is 0 Å². The minimum atomic E-state index is -0.256. The normalized spacial score (nSPS) is 23.2. The molecule has 138 valence electrons. The molecule has 1 atom stereocenters. The number of piperidine rings is 2. The van der Waals surface area contributed by atoms with Gasteiger partial charge in [0, 0.05) is 26.2 Å². The third-order valence-corrected chi connectivity index (χ3v) is 5.22. The average molecular weight is 348 g/mol. The minimum absolute atomic E-state index is 0.228. The van der Waals surface area contributed by atoms with Gasteiger partial charge in [0.25, 0.3) is 0 Å². The fraction of sp³-hybridized carbons (Fsp3) is 0.632. The van der Waals surface area contributed by atoms with Crippen LogP contribution < -0.4 is 10.6 Å². The smallest absolute Gasteiger partial charge is 0.191 e. The molecule has 0 aromatic heterocycles. The first kappa shape index (κ1) is 18.0. The topological polar surface area (TPSA) is 65.1 Å². The number of aliphatic hydroxyl groups excluding tert-OH is 1. The van der Waals surface area contributed by atoms with Crippen molar-refractivity contribution < 1.29 is 9.50 Å². The number of benzene rings is 1. The Labute approximate surface area is 149 Å². The predicted octanol–water partition coefficient (Wildman–Crippen LogP) is 2.33. The van der Waals surface area contributed by atoms with Crippen molar-refractivity contribution in [3.8, 4) is 0 Å². The van der Waals surface area contributed by atoms with Gasteiger partial charge in [-0.1, -0.05) is 13.0 Å². The summed E-state index contributed by atoms with van der Waals surface area (Å²) >= 11 is 0. The Morgan fingerprint density at radius 3 is 2.72 bits per heavy atom. The Hall–Kier alpha value is -1.82. The van der Waals surface area contributed by atoms with Crippen LogP contribution in [-0.4, -0.2) is 48.2 Å². The quantitative estimate of drug-likeness (QED) is 0.650. The van der Waals surface area contributed by atoms with Gasteiger partial charge in [0.05, 0.1) is 18.3 Å². The van der Waals surface area contributed by atoms with Gasteiger partial charge in [0.1, 0.15) is 5.82 Å². The van der Waals surface area contributed by atoms with Crippen molar-refractivity contribution in [2.24, 2.45) is 16.6 Å². The summed E-state index contributed by atoms with van der Waals surface area (Å²) < 4.78 is 14.5. The van der Waals surface area contributed by atoms with Gasteiger partial charge in [-0.3, -0.25) is 0 Å². The lowest BCUT2D eigenvalue weighted by atomic mass is 10.0. The van der Waals surface area contributed by atoms with Crippen LogP contribution in [0, 0.1) is 11.7 Å². The molecule has 2 fully saturated rings. The van der Waals surface area contributed by atoms with E-state index in [0.29, 0.717) is 50.0 Å². The molecule has 2 saturated heterocycles. The molecule has 0 bridgehead atoms. The third kappa shape index (κ3) is 4.63. The van der Waals surface area contributed by atoms with Gasteiger partial charge in [0.15, 0.2) is 5.96 Å². The summed E-state index contributed by atoms with van der Waals surface area (Å²) in [7, 11) is 0. The van der Waals surface area contributed by atoms with Gasteiger partial charge >= 0.3 is 0 Å². The van der Waals surface area contributed by atoms with Gasteiger partial charge in [-0.15, -0.1) is 0 Å². The largest absolute Gasteiger partial charge is 0.393 e. The molecule has 0 spiro atoms. The van der Waals surface area contributed by atoms with E-state index in [1.54, 1.807) is 6.07 Å². The molecule has 1 aromatic rings. The highest BCUT2D eigenvalue weighted by molar-refractivity contribution is 5.78. The van der Waals surface area contributed by atoms with Crippen LogP contribution in [0.25, 0.3) is 0 Å². The van der Waals surface area contributed by atoms with E-state index in [-0.39, 0.29) is 11.9 Å². The third-order valence-electron chi connectivity index (χ3n) is 5.22. The highest BCUT2D eigenvalue weighted by atomic mass is 19.1. The molecule has 1 unspecified atom stereocenters. The Balaban J connectivity index is 1.61. The van der Waals surface area contributed by atoms with E-state index in [1.807, 2.05) is 17.0 Å². The summed E-state index contributed by atoms with van der Waals surface area (Å²) in [5.74, 6) is 0.970. The molecular weight excluding hydrogens is 319 g/mol. The maximum absolute atomic E-state index is 14.5. The molecule has 6 heteroatoms. The number of aliphatic hydroxyl groups is 1. The average Bonchev–Trinajstić information content (AvgIpc) is 2.61. The highest BCUT2D eigenvalue weighted by Gasteiger charge is 2.20. The number of anilines is 1. The van der Waals surface area contributed by atoms with E-state index in [4.69, 9.17) is 5.73 Å². The van der Waals surface area contributed by atoms with Crippen LogP contribution >= 0.6 is 0 Å². The molecule has 3 rings (SSSR count). The zero-order valence-electron chi connectivity index (χ0n) is 15.0. The number of rotatable bonds is 3. The van der Waals surface area contributed by atoms with E-state index in [0.717, 1.165) is 25.1 Å². The molecule has 0 aliphatic carbocycles. The van der Waals surface area contributed by atoms with Crippen molar-refractivity contribution in [2.75, 3.05) is 31.1 Å². The SMILES string of the molecule is CC1CCCN(C(N)=NCc2ccc(N3CCC(O)CC3)c(F)c2)C1. The molecule has 3 N–H and O–H groups in total. The van der Waals surface area contributed by atoms with E-state index >= 15 is 0 Å². The van der Waals surface area contributed by atoms with E-state index in [1.165, 1.54) is 6.42 Å². The van der Waals surface area contributed by atoms with Crippen LogP contribution in [0.2, 0.25) is 0 Å². The van der Waals surface area contributed by atoms with Gasteiger partial charge in [-0.25, -0.2) is 9.38 Å². The summed E-state index contributed by atoms with van der Waals surface area (Å²) in [5.41, 5.74) is 7.54. The maximum Gasteiger partial charge on any atom is 0.191 e. The molecule has 0 saturated carbocycles. The van der Waals surface area contributed by atoms with Crippen molar-refractivity contribution >= 4 is 11.6 Å². The zero-order valence-corrected chi connectivity index (χ0v) is 15.0. The molecule has 0 radical (unpaired) electrons. The van der Waals surface area contributed by atoms with E-state index in [2.05, 4.69) is 16.8 Å². The Morgan fingerprint density at radius 2 is 2.04 bits per heavy atom. The number of halogens is 1. The fourth-order valence-electron chi connectivity index (χ4n) is 3.68. The lowest BCUT2D eigenvalue weighted by Gasteiger charge is -2.32. The summed E-state index contributed by atoms with van der Waals surface area (Å²) in [4.78, 5) is 8.57. The highest BCUT2D eigenvalue weighted by Crippen LogP contribution is 2.24. The second kappa shape index (κ2) is 8.04. The van der Waals surface area contributed by atoms with E-state index < -0.39 is 0 Å². The van der Waals surface area contributed by atoms with Gasteiger partial charge in [0.2, 0.25) is 0 Å². The van der Waals surface area contributed by atoms with Crippen molar-refractivity contribution in [1.29, 1.82) is 0 Å². The number of guanidine groups is 1. The van der Waals surface area contributed by atoms with Gasteiger partial charge < -0.3 is 20.6 Å². The second-order valence-corrected chi connectivity index (χ2v) is 7.37. The molecule has 2 aliphatic rings. The van der Waals surface area contributed by atoms with Crippen molar-refractivity contribution in [2.45, 2.75) is 45.3 Å². The number of hydrogen-bond donors (Lipinski definition) is 2. The first-order valence-electron chi connectivity index (χ1n) is 9.29. The summed E-state index contributed by atoms with van der Waals surface area (Å²) in [6.07, 6.45) is 3.51. The minimum Gasteiger partial charge on any atom is -0.393 e. The molecule has 0 amide bonds. The number of likely N-dealkylation sites (tertiary alicyclic amines) is 1. The number of aliphatic imine (C=N–C) groups is 1. The summed E-state index contributed by atoms with van der Waals surface area (Å²) in [6, 6.07) is 5.28. The Kier molecular flexibility index (Phi) is 5.78. The first-order valence-corrected chi connectivity index (χ1v) is 9.29. The molecule has 1 aromatic carbocycles. The van der Waals surface area contributed by atoms with Crippen LogP contribution in [0.3, 0.4) is 0 Å². The van der Waals surface area contributed by atoms with Crippen LogP contribution in [0.4, 0.5) is 10.1 Å². The van der Waals surface area contributed by atoms with Crippen molar-refractivity contribution in [3.05, 3.63) is 29.6 Å². The lowest BCUT2D eigenvalue weighted by Crippen LogP contribution is -2.43. The van der Waals surface area contributed by atoms with E-state index in [9.17, 15) is 9.50 Å². The van der Waals surface area contributed by atoms with Crippen LogP contribution in [0.1, 0.15) is 38.2 Å². The Bertz CT molecular complexity index is 613. The maximum atomic E-state index is 14.5. The summed E-state index contributed by atoms with van der Waals surface area (Å²) in [5, 5.41) is 9.58. The number of hydrogen-bond acceptors (Lipinski definition) is 3. The first-order chi connectivity index (χ1) is 12.0. The molecule has 25 heavy (non-hydrogen) atoms. The standard InChI is InChI=1S/C19H29FN4O/c1-14-3-2-8-24(13-14)19(21)22-12-15-4-5-18(17(20)11-15)23-9-6-16(25)7-10-23/h4-5,11,14,16,25H,2-3,6-10,12-13H2,1H3,(H2,21,22). The summed E-state index contributed by atoms with van der Waals surface area (Å²) in [6.45, 7) is 5.91.